The lowest BCUT2D eigenvalue weighted by Gasteiger charge is -2.32. The SMILES string of the molecule is CC(=N)/C(=C(/C)O)c1ccc2[nH]c(=O)n3c2c1OC(C(=O)O)C3c1ccccc1. The number of hydrogen-bond donors (Lipinski definition) is 4. The molecule has 0 saturated heterocycles. The molecular formula is C21H19N3O5. The predicted molar refractivity (Wildman–Crippen MR) is 108 cm³/mol. The van der Waals surface area contributed by atoms with Crippen molar-refractivity contribution in [3.8, 4) is 5.75 Å². The molecule has 0 bridgehead atoms. The number of ether oxygens (including phenoxy) is 1. The van der Waals surface area contributed by atoms with E-state index >= 15 is 0 Å². The summed E-state index contributed by atoms with van der Waals surface area (Å²) in [5.41, 5.74) is 1.72. The van der Waals surface area contributed by atoms with E-state index in [4.69, 9.17) is 10.1 Å². The van der Waals surface area contributed by atoms with Crippen LogP contribution in [-0.2, 0) is 4.79 Å². The second-order valence-electron chi connectivity index (χ2n) is 6.96. The van der Waals surface area contributed by atoms with Crippen LogP contribution in [0.25, 0.3) is 16.6 Å². The summed E-state index contributed by atoms with van der Waals surface area (Å²) in [6, 6.07) is 11.2. The van der Waals surface area contributed by atoms with Crippen LogP contribution in [0, 0.1) is 5.41 Å². The Morgan fingerprint density at radius 1 is 1.14 bits per heavy atom. The molecule has 2 atom stereocenters. The maximum Gasteiger partial charge on any atom is 0.347 e. The highest BCUT2D eigenvalue weighted by molar-refractivity contribution is 6.23. The number of H-pyrrole nitrogens is 1. The third-order valence-corrected chi connectivity index (χ3v) is 5.03. The van der Waals surface area contributed by atoms with Crippen molar-refractivity contribution < 1.29 is 19.7 Å². The van der Waals surface area contributed by atoms with Gasteiger partial charge in [-0.15, -0.1) is 0 Å². The van der Waals surface area contributed by atoms with Gasteiger partial charge in [0.05, 0.1) is 11.3 Å². The number of carboxylic acid groups (broad SMARTS) is 1. The van der Waals surface area contributed by atoms with Crippen LogP contribution in [0.2, 0.25) is 0 Å². The van der Waals surface area contributed by atoms with Gasteiger partial charge in [0.1, 0.15) is 11.6 Å². The van der Waals surface area contributed by atoms with Crippen LogP contribution < -0.4 is 10.4 Å². The van der Waals surface area contributed by atoms with Crippen LogP contribution in [0.5, 0.6) is 5.75 Å². The molecule has 1 aliphatic heterocycles. The van der Waals surface area contributed by atoms with Crippen molar-refractivity contribution in [2.24, 2.45) is 0 Å². The first-order valence-electron chi connectivity index (χ1n) is 8.98. The molecule has 8 heteroatoms. The van der Waals surface area contributed by atoms with Crippen LogP contribution in [0.1, 0.15) is 31.0 Å². The lowest BCUT2D eigenvalue weighted by molar-refractivity contribution is -0.147. The standard InChI is InChI=1S/C21H19N3O5/c1-10(22)15(11(2)25)13-8-9-14-17-18(13)29-19(20(26)27)16(24(17)21(28)23-14)12-6-4-3-5-7-12/h3-9,16,19,22,25H,1-2H3,(H,23,28)(H,26,27)/b15-11+,22-10?. The fraction of sp³-hybridized carbons (Fsp3) is 0.190. The first-order chi connectivity index (χ1) is 13.8. The van der Waals surface area contributed by atoms with Crippen LogP contribution >= 0.6 is 0 Å². The van der Waals surface area contributed by atoms with Crippen molar-refractivity contribution in [1.82, 2.24) is 9.55 Å². The van der Waals surface area contributed by atoms with Crippen molar-refractivity contribution in [1.29, 1.82) is 5.41 Å². The van der Waals surface area contributed by atoms with Gasteiger partial charge in [0.2, 0.25) is 6.10 Å². The van der Waals surface area contributed by atoms with E-state index in [2.05, 4.69) is 4.98 Å². The molecule has 4 rings (SSSR count). The minimum atomic E-state index is -1.37. The van der Waals surface area contributed by atoms with E-state index in [1.807, 2.05) is 0 Å². The normalized spacial score (nSPS) is 18.8. The molecule has 148 valence electrons. The number of benzene rings is 2. The smallest absolute Gasteiger partial charge is 0.347 e. The third kappa shape index (κ3) is 2.80. The van der Waals surface area contributed by atoms with Gasteiger partial charge in [-0.2, -0.15) is 0 Å². The van der Waals surface area contributed by atoms with E-state index < -0.39 is 23.8 Å². The molecule has 0 saturated carbocycles. The number of aromatic nitrogens is 2. The Labute approximate surface area is 165 Å². The molecule has 0 amide bonds. The molecular weight excluding hydrogens is 374 g/mol. The monoisotopic (exact) mass is 393 g/mol. The number of imidazole rings is 1. The van der Waals surface area contributed by atoms with Gasteiger partial charge < -0.3 is 25.3 Å². The molecule has 8 nitrogen and oxygen atoms in total. The Kier molecular flexibility index (Phi) is 4.26. The molecule has 0 aliphatic carbocycles. The number of aromatic amines is 1. The summed E-state index contributed by atoms with van der Waals surface area (Å²) in [5, 5.41) is 28.0. The van der Waals surface area contributed by atoms with Gasteiger partial charge in [-0.25, -0.2) is 9.59 Å². The van der Waals surface area contributed by atoms with Gasteiger partial charge in [0.25, 0.3) is 0 Å². The number of nitrogens with zero attached hydrogens (tertiary/aromatic N) is 1. The van der Waals surface area contributed by atoms with Crippen LogP contribution in [0.15, 0.2) is 53.0 Å². The summed E-state index contributed by atoms with van der Waals surface area (Å²) < 4.78 is 7.32. The molecule has 2 aromatic carbocycles. The number of nitrogens with one attached hydrogen (secondary N) is 2. The molecule has 1 aromatic heterocycles. The Balaban J connectivity index is 2.10. The van der Waals surface area contributed by atoms with E-state index in [9.17, 15) is 19.8 Å². The fourth-order valence-corrected chi connectivity index (χ4v) is 3.92. The first kappa shape index (κ1) is 18.5. The second-order valence-corrected chi connectivity index (χ2v) is 6.96. The molecule has 2 heterocycles. The topological polar surface area (TPSA) is 128 Å². The van der Waals surface area contributed by atoms with E-state index in [0.717, 1.165) is 0 Å². The van der Waals surface area contributed by atoms with Gasteiger partial charge in [-0.05, 0) is 31.5 Å². The number of rotatable bonds is 4. The van der Waals surface area contributed by atoms with Crippen molar-refractivity contribution in [2.75, 3.05) is 0 Å². The minimum absolute atomic E-state index is 0.0886. The Morgan fingerprint density at radius 3 is 2.41 bits per heavy atom. The Bertz CT molecular complexity index is 1230. The summed E-state index contributed by atoms with van der Waals surface area (Å²) in [6.45, 7) is 2.96. The average molecular weight is 393 g/mol. The maximum absolute atomic E-state index is 12.8. The maximum atomic E-state index is 12.8. The summed E-state index contributed by atoms with van der Waals surface area (Å²) in [5.74, 6) is -1.17. The van der Waals surface area contributed by atoms with Crippen LogP contribution in [0.4, 0.5) is 0 Å². The number of aliphatic carboxylic acids is 1. The molecule has 0 spiro atoms. The largest absolute Gasteiger partial charge is 0.512 e. The highest BCUT2D eigenvalue weighted by Gasteiger charge is 2.41. The molecule has 29 heavy (non-hydrogen) atoms. The highest BCUT2D eigenvalue weighted by atomic mass is 16.5. The fourth-order valence-electron chi connectivity index (χ4n) is 3.92. The van der Waals surface area contributed by atoms with E-state index in [1.165, 1.54) is 18.4 Å². The zero-order valence-electron chi connectivity index (χ0n) is 15.8. The molecule has 3 aromatic rings. The molecule has 1 aliphatic rings. The van der Waals surface area contributed by atoms with Gasteiger partial charge in [0.15, 0.2) is 5.75 Å². The molecule has 0 radical (unpaired) electrons. The van der Waals surface area contributed by atoms with E-state index in [-0.39, 0.29) is 22.8 Å². The third-order valence-electron chi connectivity index (χ3n) is 5.03. The summed E-state index contributed by atoms with van der Waals surface area (Å²) in [4.78, 5) is 27.7. The first-order valence-corrected chi connectivity index (χ1v) is 8.98. The second kappa shape index (κ2) is 6.66. The van der Waals surface area contributed by atoms with Crippen molar-refractivity contribution in [3.05, 3.63) is 69.8 Å². The van der Waals surface area contributed by atoms with Crippen LogP contribution in [0.3, 0.4) is 0 Å². The van der Waals surface area contributed by atoms with Crippen molar-refractivity contribution in [3.63, 3.8) is 0 Å². The van der Waals surface area contributed by atoms with Gasteiger partial charge in [0, 0.05) is 16.8 Å². The van der Waals surface area contributed by atoms with Crippen molar-refractivity contribution >= 4 is 28.3 Å². The Hall–Kier alpha value is -3.81. The van der Waals surface area contributed by atoms with Gasteiger partial charge in [-0.1, -0.05) is 30.3 Å². The zero-order valence-corrected chi connectivity index (χ0v) is 15.8. The van der Waals surface area contributed by atoms with E-state index in [0.29, 0.717) is 22.2 Å². The number of carbonyl (C=O) groups is 1. The molecule has 4 N–H and O–H groups in total. The number of carboxylic acids is 1. The molecule has 2 unspecified atom stereocenters. The number of allylic oxidation sites excluding steroid dienone is 2. The van der Waals surface area contributed by atoms with Gasteiger partial charge >= 0.3 is 11.7 Å². The van der Waals surface area contributed by atoms with Crippen molar-refractivity contribution in [2.45, 2.75) is 26.0 Å². The molecule has 0 fully saturated rings. The average Bonchev–Trinajstić information content (AvgIpc) is 3.01. The Morgan fingerprint density at radius 2 is 1.83 bits per heavy atom. The zero-order chi connectivity index (χ0) is 20.9. The predicted octanol–water partition coefficient (Wildman–Crippen LogP) is 3.09. The highest BCUT2D eigenvalue weighted by Crippen LogP contribution is 2.42. The lowest BCUT2D eigenvalue weighted by Crippen LogP contribution is -2.43. The lowest BCUT2D eigenvalue weighted by atomic mass is 9.95. The van der Waals surface area contributed by atoms with E-state index in [1.54, 1.807) is 42.5 Å². The number of aliphatic hydroxyl groups is 1. The number of hydrogen-bond acceptors (Lipinski definition) is 5. The van der Waals surface area contributed by atoms with Gasteiger partial charge in [-0.3, -0.25) is 4.57 Å². The summed E-state index contributed by atoms with van der Waals surface area (Å²) >= 11 is 0. The van der Waals surface area contributed by atoms with Crippen LogP contribution in [-0.4, -0.2) is 37.5 Å². The number of aliphatic hydroxyl groups excluding tert-OH is 1. The quantitative estimate of drug-likeness (QED) is 0.400. The minimum Gasteiger partial charge on any atom is -0.512 e. The summed E-state index contributed by atoms with van der Waals surface area (Å²) in [7, 11) is 0. The summed E-state index contributed by atoms with van der Waals surface area (Å²) in [6.07, 6.45) is -1.37.